The van der Waals surface area contributed by atoms with Gasteiger partial charge in [0, 0.05) is 16.6 Å². The lowest BCUT2D eigenvalue weighted by atomic mass is 10.0. The summed E-state index contributed by atoms with van der Waals surface area (Å²) in [5, 5.41) is 2.72. The summed E-state index contributed by atoms with van der Waals surface area (Å²) in [6.07, 6.45) is 0.283. The van der Waals surface area contributed by atoms with Crippen LogP contribution in [-0.2, 0) is 6.42 Å². The van der Waals surface area contributed by atoms with Crippen molar-refractivity contribution in [3.63, 3.8) is 0 Å². The lowest BCUT2D eigenvalue weighted by Gasteiger charge is -2.03. The first-order chi connectivity index (χ1) is 8.06. The van der Waals surface area contributed by atoms with E-state index in [0.29, 0.717) is 11.1 Å². The number of carbonyl (C=O) groups excluding carboxylic acids is 1. The molecule has 2 aromatic rings. The Labute approximate surface area is 103 Å². The highest BCUT2D eigenvalue weighted by molar-refractivity contribution is 7.09. The Morgan fingerprint density at radius 1 is 1.41 bits per heavy atom. The van der Waals surface area contributed by atoms with Gasteiger partial charge in [0.05, 0.1) is 6.42 Å². The fraction of sp³-hybridized carbons (Fsp3) is 0.231. The number of rotatable bonds is 3. The first-order valence-corrected chi connectivity index (χ1v) is 6.14. The fourth-order valence-corrected chi connectivity index (χ4v) is 2.43. The van der Waals surface area contributed by atoms with Crippen LogP contribution in [-0.4, -0.2) is 10.8 Å². The minimum Gasteiger partial charge on any atom is -0.294 e. The van der Waals surface area contributed by atoms with Crippen LogP contribution in [0.3, 0.4) is 0 Å². The summed E-state index contributed by atoms with van der Waals surface area (Å²) in [6, 6.07) is 4.22. The van der Waals surface area contributed by atoms with Gasteiger partial charge in [-0.1, -0.05) is 0 Å². The zero-order valence-corrected chi connectivity index (χ0v) is 10.5. The van der Waals surface area contributed by atoms with Crippen LogP contribution < -0.4 is 0 Å². The molecule has 88 valence electrons. The van der Waals surface area contributed by atoms with Gasteiger partial charge in [-0.3, -0.25) is 4.79 Å². The Kier molecular flexibility index (Phi) is 3.33. The molecular weight excluding hydrogens is 237 g/mol. The second-order valence-corrected chi connectivity index (χ2v) is 4.88. The molecular formula is C13H12FNOS. The summed E-state index contributed by atoms with van der Waals surface area (Å²) < 4.78 is 12.9. The third kappa shape index (κ3) is 2.77. The van der Waals surface area contributed by atoms with E-state index in [0.717, 1.165) is 10.7 Å². The number of carbonyl (C=O) groups is 1. The van der Waals surface area contributed by atoms with Crippen molar-refractivity contribution in [2.24, 2.45) is 0 Å². The van der Waals surface area contributed by atoms with E-state index < -0.39 is 0 Å². The van der Waals surface area contributed by atoms with Gasteiger partial charge in [-0.2, -0.15) is 0 Å². The number of aryl methyl sites for hydroxylation is 2. The number of halogens is 1. The van der Waals surface area contributed by atoms with Crippen molar-refractivity contribution in [3.8, 4) is 0 Å². The molecule has 1 aromatic heterocycles. The monoisotopic (exact) mass is 249 g/mol. The Morgan fingerprint density at radius 3 is 2.76 bits per heavy atom. The molecule has 17 heavy (non-hydrogen) atoms. The van der Waals surface area contributed by atoms with E-state index in [1.807, 2.05) is 12.3 Å². The number of ketones is 1. The molecule has 0 aliphatic heterocycles. The largest absolute Gasteiger partial charge is 0.294 e. The zero-order chi connectivity index (χ0) is 12.4. The van der Waals surface area contributed by atoms with Gasteiger partial charge in [0.25, 0.3) is 0 Å². The summed E-state index contributed by atoms with van der Waals surface area (Å²) in [6.45, 7) is 3.64. The number of Topliss-reactive ketones (excluding diaryl/α,β-unsaturated/α-hetero) is 1. The predicted molar refractivity (Wildman–Crippen MR) is 66.0 cm³/mol. The lowest BCUT2D eigenvalue weighted by Crippen LogP contribution is -2.05. The SMILES string of the molecule is Cc1csc(CC(=O)c2ccc(F)cc2C)n1. The van der Waals surface area contributed by atoms with Gasteiger partial charge >= 0.3 is 0 Å². The molecule has 2 rings (SSSR count). The van der Waals surface area contributed by atoms with E-state index in [4.69, 9.17) is 0 Å². The summed E-state index contributed by atoms with van der Waals surface area (Å²) in [7, 11) is 0. The third-order valence-electron chi connectivity index (χ3n) is 2.47. The van der Waals surface area contributed by atoms with Crippen LogP contribution in [0.15, 0.2) is 23.6 Å². The Balaban J connectivity index is 2.20. The smallest absolute Gasteiger partial charge is 0.169 e. The fourth-order valence-electron chi connectivity index (χ4n) is 1.66. The zero-order valence-electron chi connectivity index (χ0n) is 9.66. The van der Waals surface area contributed by atoms with Crippen LogP contribution in [0.5, 0.6) is 0 Å². The molecule has 0 radical (unpaired) electrons. The summed E-state index contributed by atoms with van der Waals surface area (Å²) in [5.74, 6) is -0.332. The molecule has 0 saturated heterocycles. The van der Waals surface area contributed by atoms with E-state index in [2.05, 4.69) is 4.98 Å². The summed E-state index contributed by atoms with van der Waals surface area (Å²) in [4.78, 5) is 16.2. The second-order valence-electron chi connectivity index (χ2n) is 3.94. The van der Waals surface area contributed by atoms with Crippen molar-refractivity contribution in [1.82, 2.24) is 4.98 Å². The van der Waals surface area contributed by atoms with Gasteiger partial charge in [-0.05, 0) is 37.6 Å². The highest BCUT2D eigenvalue weighted by Gasteiger charge is 2.12. The number of thiazole rings is 1. The minimum atomic E-state index is -0.316. The van der Waals surface area contributed by atoms with Crippen molar-refractivity contribution in [2.45, 2.75) is 20.3 Å². The maximum absolute atomic E-state index is 12.9. The van der Waals surface area contributed by atoms with E-state index in [-0.39, 0.29) is 18.0 Å². The Morgan fingerprint density at radius 2 is 2.18 bits per heavy atom. The normalized spacial score (nSPS) is 10.5. The molecule has 0 amide bonds. The molecule has 0 bridgehead atoms. The molecule has 0 aliphatic carbocycles. The number of hydrogen-bond donors (Lipinski definition) is 0. The molecule has 0 fully saturated rings. The summed E-state index contributed by atoms with van der Waals surface area (Å²) in [5.41, 5.74) is 2.16. The first-order valence-electron chi connectivity index (χ1n) is 5.26. The van der Waals surface area contributed by atoms with Gasteiger partial charge in [0.2, 0.25) is 0 Å². The quantitative estimate of drug-likeness (QED) is 0.781. The topological polar surface area (TPSA) is 30.0 Å². The van der Waals surface area contributed by atoms with Crippen molar-refractivity contribution in [2.75, 3.05) is 0 Å². The van der Waals surface area contributed by atoms with Crippen LogP contribution in [0.1, 0.15) is 26.6 Å². The van der Waals surface area contributed by atoms with Gasteiger partial charge in [0.15, 0.2) is 5.78 Å². The predicted octanol–water partition coefficient (Wildman–Crippen LogP) is 3.32. The Bertz CT molecular complexity index is 562. The van der Waals surface area contributed by atoms with E-state index in [1.165, 1.54) is 29.5 Å². The first kappa shape index (κ1) is 11.9. The van der Waals surface area contributed by atoms with Crippen molar-refractivity contribution >= 4 is 17.1 Å². The van der Waals surface area contributed by atoms with Crippen molar-refractivity contribution < 1.29 is 9.18 Å². The number of aromatic nitrogens is 1. The number of nitrogens with zero attached hydrogens (tertiary/aromatic N) is 1. The molecule has 1 aromatic carbocycles. The number of benzene rings is 1. The van der Waals surface area contributed by atoms with Crippen LogP contribution >= 0.6 is 11.3 Å². The van der Waals surface area contributed by atoms with Gasteiger partial charge in [0.1, 0.15) is 10.8 Å². The molecule has 0 aliphatic rings. The van der Waals surface area contributed by atoms with Crippen molar-refractivity contribution in [1.29, 1.82) is 0 Å². The highest BCUT2D eigenvalue weighted by atomic mass is 32.1. The summed E-state index contributed by atoms with van der Waals surface area (Å²) >= 11 is 1.48. The van der Waals surface area contributed by atoms with Crippen LogP contribution in [0.4, 0.5) is 4.39 Å². The second kappa shape index (κ2) is 4.75. The Hall–Kier alpha value is -1.55. The van der Waals surface area contributed by atoms with Gasteiger partial charge in [-0.25, -0.2) is 9.37 Å². The highest BCUT2D eigenvalue weighted by Crippen LogP contribution is 2.15. The molecule has 1 heterocycles. The molecule has 0 saturated carbocycles. The molecule has 0 spiro atoms. The van der Waals surface area contributed by atoms with E-state index in [1.54, 1.807) is 6.92 Å². The molecule has 2 nitrogen and oxygen atoms in total. The van der Waals surface area contributed by atoms with Crippen LogP contribution in [0, 0.1) is 19.7 Å². The maximum Gasteiger partial charge on any atom is 0.169 e. The maximum atomic E-state index is 12.9. The third-order valence-corrected chi connectivity index (χ3v) is 3.43. The van der Waals surface area contributed by atoms with Gasteiger partial charge < -0.3 is 0 Å². The lowest BCUT2D eigenvalue weighted by molar-refractivity contribution is 0.0992. The minimum absolute atomic E-state index is 0.0168. The van der Waals surface area contributed by atoms with Gasteiger partial charge in [-0.15, -0.1) is 11.3 Å². The molecule has 0 atom stereocenters. The van der Waals surface area contributed by atoms with E-state index >= 15 is 0 Å². The average Bonchev–Trinajstić information content (AvgIpc) is 2.63. The van der Waals surface area contributed by atoms with Crippen LogP contribution in [0.25, 0.3) is 0 Å². The standard InChI is InChI=1S/C13H12FNOS/c1-8-5-10(14)3-4-11(8)12(16)6-13-15-9(2)7-17-13/h3-5,7H,6H2,1-2H3. The van der Waals surface area contributed by atoms with Crippen LogP contribution in [0.2, 0.25) is 0 Å². The van der Waals surface area contributed by atoms with E-state index in [9.17, 15) is 9.18 Å². The molecule has 0 N–H and O–H groups in total. The molecule has 0 unspecified atom stereocenters. The number of hydrogen-bond acceptors (Lipinski definition) is 3. The molecule has 4 heteroatoms. The van der Waals surface area contributed by atoms with Crippen molar-refractivity contribution in [3.05, 3.63) is 51.2 Å². The average molecular weight is 249 g/mol.